The molecule has 148 valence electrons. The minimum Gasteiger partial charge on any atom is -0.493 e. The molecule has 1 aliphatic heterocycles. The molecule has 29 heavy (non-hydrogen) atoms. The van der Waals surface area contributed by atoms with Gasteiger partial charge in [0, 0.05) is 28.6 Å². The van der Waals surface area contributed by atoms with Gasteiger partial charge in [0.2, 0.25) is 0 Å². The molecule has 2 aromatic carbocycles. The van der Waals surface area contributed by atoms with E-state index in [-0.39, 0.29) is 5.91 Å². The van der Waals surface area contributed by atoms with Gasteiger partial charge in [0.05, 0.1) is 25.5 Å². The maximum absolute atomic E-state index is 12.7. The molecule has 0 saturated heterocycles. The van der Waals surface area contributed by atoms with Gasteiger partial charge in [-0.3, -0.25) is 4.79 Å². The molecule has 0 spiro atoms. The fourth-order valence-electron chi connectivity index (χ4n) is 3.29. The van der Waals surface area contributed by atoms with E-state index in [1.165, 1.54) is 0 Å². The monoisotopic (exact) mass is 392 g/mol. The van der Waals surface area contributed by atoms with Crippen molar-refractivity contribution in [1.82, 2.24) is 20.6 Å². The first-order valence-corrected chi connectivity index (χ1v) is 9.06. The maximum Gasteiger partial charge on any atom is 0.258 e. The molecule has 1 amide bonds. The fourth-order valence-corrected chi connectivity index (χ4v) is 3.29. The predicted octanol–water partition coefficient (Wildman–Crippen LogP) is 3.07. The number of tetrazole rings is 1. The van der Waals surface area contributed by atoms with Crippen molar-refractivity contribution < 1.29 is 14.3 Å². The van der Waals surface area contributed by atoms with Crippen molar-refractivity contribution in [2.45, 2.75) is 13.3 Å². The lowest BCUT2D eigenvalue weighted by Crippen LogP contribution is -2.10. The Balaban J connectivity index is 1.69. The van der Waals surface area contributed by atoms with E-state index < -0.39 is 0 Å². The van der Waals surface area contributed by atoms with Crippen LogP contribution in [0.1, 0.15) is 18.9 Å². The van der Waals surface area contributed by atoms with E-state index in [2.05, 4.69) is 31.3 Å². The highest BCUT2D eigenvalue weighted by Crippen LogP contribution is 2.42. The first-order valence-electron chi connectivity index (χ1n) is 9.06. The van der Waals surface area contributed by atoms with Crippen molar-refractivity contribution in [3.8, 4) is 22.9 Å². The number of allylic oxidation sites excluding steroid dienone is 1. The van der Waals surface area contributed by atoms with Gasteiger partial charge in [0.1, 0.15) is 0 Å². The van der Waals surface area contributed by atoms with Crippen LogP contribution >= 0.6 is 0 Å². The third-order valence-corrected chi connectivity index (χ3v) is 4.72. The van der Waals surface area contributed by atoms with Gasteiger partial charge in [-0.2, -0.15) is 0 Å². The SMILES string of the molecule is CC/C(Nc1ccc(-c2nnn[nH]2)cc1)=C1/C(=O)Nc2cc(OC)c(OC)cc21. The van der Waals surface area contributed by atoms with E-state index in [1.54, 1.807) is 20.3 Å². The van der Waals surface area contributed by atoms with E-state index >= 15 is 0 Å². The zero-order valence-corrected chi connectivity index (χ0v) is 16.2. The Hall–Kier alpha value is -3.88. The highest BCUT2D eigenvalue weighted by Gasteiger charge is 2.29. The lowest BCUT2D eigenvalue weighted by molar-refractivity contribution is -0.110. The van der Waals surface area contributed by atoms with Crippen molar-refractivity contribution in [3.63, 3.8) is 0 Å². The number of H-pyrrole nitrogens is 1. The Morgan fingerprint density at radius 2 is 1.83 bits per heavy atom. The Labute approximate surface area is 167 Å². The van der Waals surface area contributed by atoms with Crippen LogP contribution in [0.25, 0.3) is 17.0 Å². The average molecular weight is 392 g/mol. The summed E-state index contributed by atoms with van der Waals surface area (Å²) < 4.78 is 10.7. The summed E-state index contributed by atoms with van der Waals surface area (Å²) in [6, 6.07) is 11.2. The first kappa shape index (κ1) is 18.5. The minimum atomic E-state index is -0.163. The summed E-state index contributed by atoms with van der Waals surface area (Å²) in [5.74, 6) is 1.57. The van der Waals surface area contributed by atoms with Crippen LogP contribution in [0.15, 0.2) is 42.1 Å². The predicted molar refractivity (Wildman–Crippen MR) is 109 cm³/mol. The summed E-state index contributed by atoms with van der Waals surface area (Å²) in [5.41, 5.74) is 4.60. The van der Waals surface area contributed by atoms with Crippen LogP contribution in [-0.4, -0.2) is 40.8 Å². The van der Waals surface area contributed by atoms with Gasteiger partial charge in [-0.05, 0) is 47.2 Å². The smallest absolute Gasteiger partial charge is 0.258 e. The molecule has 9 heteroatoms. The summed E-state index contributed by atoms with van der Waals surface area (Å²) in [5, 5.41) is 20.1. The molecule has 4 rings (SSSR count). The van der Waals surface area contributed by atoms with Crippen molar-refractivity contribution >= 4 is 22.9 Å². The highest BCUT2D eigenvalue weighted by atomic mass is 16.5. The van der Waals surface area contributed by atoms with Crippen LogP contribution in [0.2, 0.25) is 0 Å². The second-order valence-electron chi connectivity index (χ2n) is 6.37. The van der Waals surface area contributed by atoms with Gasteiger partial charge < -0.3 is 20.1 Å². The molecule has 9 nitrogen and oxygen atoms in total. The Kier molecular flexibility index (Phi) is 4.86. The molecule has 0 radical (unpaired) electrons. The number of amides is 1. The topological polar surface area (TPSA) is 114 Å². The summed E-state index contributed by atoms with van der Waals surface area (Å²) in [7, 11) is 3.14. The number of rotatable bonds is 6. The minimum absolute atomic E-state index is 0.163. The standard InChI is InChI=1S/C20H20N6O3/c1-4-14(21-12-7-5-11(6-8-12)19-23-25-26-24-19)18-13-9-16(28-2)17(29-3)10-15(13)22-20(18)27/h5-10,21H,4H2,1-3H3,(H,22,27)(H,23,24,25,26)/b18-14-. The van der Waals surface area contributed by atoms with Gasteiger partial charge in [-0.25, -0.2) is 5.10 Å². The lowest BCUT2D eigenvalue weighted by atomic mass is 10.0. The third-order valence-electron chi connectivity index (χ3n) is 4.72. The fraction of sp³-hybridized carbons (Fsp3) is 0.200. The Morgan fingerprint density at radius 3 is 2.45 bits per heavy atom. The number of anilines is 2. The number of nitrogens with zero attached hydrogens (tertiary/aromatic N) is 3. The molecule has 1 aromatic heterocycles. The molecule has 0 fully saturated rings. The number of benzene rings is 2. The summed E-state index contributed by atoms with van der Waals surface area (Å²) in [4.78, 5) is 12.7. The largest absolute Gasteiger partial charge is 0.493 e. The number of aromatic amines is 1. The summed E-state index contributed by atoms with van der Waals surface area (Å²) in [6.45, 7) is 2.00. The van der Waals surface area contributed by atoms with Crippen LogP contribution in [-0.2, 0) is 4.79 Å². The molecule has 3 aromatic rings. The molecular weight excluding hydrogens is 372 g/mol. The van der Waals surface area contributed by atoms with Gasteiger partial charge in [0.25, 0.3) is 5.91 Å². The summed E-state index contributed by atoms with van der Waals surface area (Å²) >= 11 is 0. The van der Waals surface area contributed by atoms with Gasteiger partial charge in [-0.15, -0.1) is 5.10 Å². The zero-order chi connectivity index (χ0) is 20.4. The zero-order valence-electron chi connectivity index (χ0n) is 16.2. The van der Waals surface area contributed by atoms with Gasteiger partial charge in [0.15, 0.2) is 17.3 Å². The second-order valence-corrected chi connectivity index (χ2v) is 6.37. The van der Waals surface area contributed by atoms with Gasteiger partial charge in [-0.1, -0.05) is 6.92 Å². The number of hydrogen-bond acceptors (Lipinski definition) is 7. The molecule has 2 heterocycles. The molecular formula is C20H20N6O3. The Morgan fingerprint density at radius 1 is 1.10 bits per heavy atom. The number of carbonyl (C=O) groups is 1. The molecule has 1 aliphatic rings. The number of hydrogen-bond donors (Lipinski definition) is 3. The number of fused-ring (bicyclic) bond motifs is 1. The summed E-state index contributed by atoms with van der Waals surface area (Å²) in [6.07, 6.45) is 0.643. The van der Waals surface area contributed by atoms with E-state index in [0.717, 1.165) is 22.5 Å². The van der Waals surface area contributed by atoms with Crippen LogP contribution in [0.3, 0.4) is 0 Å². The van der Waals surface area contributed by atoms with E-state index in [0.29, 0.717) is 35.0 Å². The molecule has 0 bridgehead atoms. The van der Waals surface area contributed by atoms with Crippen molar-refractivity contribution in [2.24, 2.45) is 0 Å². The lowest BCUT2D eigenvalue weighted by Gasteiger charge is -2.14. The number of nitrogens with one attached hydrogen (secondary N) is 3. The average Bonchev–Trinajstić information content (AvgIpc) is 3.39. The number of carbonyl (C=O) groups excluding carboxylic acids is 1. The molecule has 3 N–H and O–H groups in total. The third kappa shape index (κ3) is 3.38. The molecule has 0 aliphatic carbocycles. The second kappa shape index (κ2) is 7.63. The van der Waals surface area contributed by atoms with Gasteiger partial charge >= 0.3 is 0 Å². The van der Waals surface area contributed by atoms with Crippen molar-refractivity contribution in [3.05, 3.63) is 47.7 Å². The normalized spacial score (nSPS) is 14.2. The van der Waals surface area contributed by atoms with Crippen LogP contribution in [0.5, 0.6) is 11.5 Å². The van der Waals surface area contributed by atoms with Crippen molar-refractivity contribution in [2.75, 3.05) is 24.9 Å². The van der Waals surface area contributed by atoms with E-state index in [9.17, 15) is 4.79 Å². The van der Waals surface area contributed by atoms with Crippen LogP contribution in [0, 0.1) is 0 Å². The maximum atomic E-state index is 12.7. The van der Waals surface area contributed by atoms with E-state index in [1.807, 2.05) is 37.3 Å². The molecule has 0 atom stereocenters. The Bertz CT molecular complexity index is 1070. The molecule has 0 saturated carbocycles. The number of methoxy groups -OCH3 is 2. The van der Waals surface area contributed by atoms with E-state index in [4.69, 9.17) is 9.47 Å². The van der Waals surface area contributed by atoms with Crippen molar-refractivity contribution in [1.29, 1.82) is 0 Å². The van der Waals surface area contributed by atoms with Crippen LogP contribution in [0.4, 0.5) is 11.4 Å². The molecule has 0 unspecified atom stereocenters. The number of aromatic nitrogens is 4. The quantitative estimate of drug-likeness (QED) is 0.552. The van der Waals surface area contributed by atoms with Crippen LogP contribution < -0.4 is 20.1 Å². The number of ether oxygens (including phenoxy) is 2. The highest BCUT2D eigenvalue weighted by molar-refractivity contribution is 6.32. The first-order chi connectivity index (χ1) is 14.1.